The van der Waals surface area contributed by atoms with Crippen LogP contribution in [0.4, 0.5) is 0 Å². The van der Waals surface area contributed by atoms with Gasteiger partial charge in [0, 0.05) is 17.9 Å². The van der Waals surface area contributed by atoms with Crippen LogP contribution in [-0.4, -0.2) is 36.5 Å². The van der Waals surface area contributed by atoms with E-state index < -0.39 is 11.1 Å². The zero-order chi connectivity index (χ0) is 16.5. The molecule has 22 heavy (non-hydrogen) atoms. The van der Waals surface area contributed by atoms with Crippen molar-refractivity contribution in [1.82, 2.24) is 14.8 Å². The summed E-state index contributed by atoms with van der Waals surface area (Å²) < 4.78 is 2.65. The molecule has 0 bridgehead atoms. The van der Waals surface area contributed by atoms with E-state index >= 15 is 0 Å². The summed E-state index contributed by atoms with van der Waals surface area (Å²) in [6.45, 7) is 10.2. The molecular weight excluding hydrogens is 280 g/mol. The number of unbranched alkanes of at least 4 members (excludes halogenated alkanes) is 3. The lowest BCUT2D eigenvalue weighted by Gasteiger charge is -2.32. The summed E-state index contributed by atoms with van der Waals surface area (Å²) in [6, 6.07) is 0. The standard InChI is InChI=1S/C16H27N4O2/c1-6-7-8-9-10-18-12-13(11-17-18)14-19(21)15(2,3)16(4,5)20(14)22/h11-12H,6-10H2,1-5H3. The van der Waals surface area contributed by atoms with Gasteiger partial charge in [-0.15, -0.1) is 0 Å². The number of amidine groups is 1. The van der Waals surface area contributed by atoms with E-state index in [1.165, 1.54) is 19.3 Å². The third-order valence-electron chi connectivity index (χ3n) is 5.03. The molecule has 0 aromatic carbocycles. The molecule has 0 amide bonds. The maximum absolute atomic E-state index is 12.6. The van der Waals surface area contributed by atoms with Gasteiger partial charge in [-0.1, -0.05) is 31.2 Å². The average Bonchev–Trinajstić information content (AvgIpc) is 2.95. The number of rotatable bonds is 6. The first kappa shape index (κ1) is 16.8. The fourth-order valence-electron chi connectivity index (χ4n) is 2.65. The van der Waals surface area contributed by atoms with Gasteiger partial charge < -0.3 is 5.21 Å². The molecule has 1 aliphatic rings. The van der Waals surface area contributed by atoms with Crippen molar-refractivity contribution >= 4 is 5.84 Å². The molecule has 0 saturated heterocycles. The number of aryl methyl sites for hydroxylation is 1. The van der Waals surface area contributed by atoms with Gasteiger partial charge in [0.05, 0.1) is 6.20 Å². The highest BCUT2D eigenvalue weighted by molar-refractivity contribution is 5.95. The number of hydrogen-bond donors (Lipinski definition) is 0. The van der Waals surface area contributed by atoms with Crippen LogP contribution in [0.3, 0.4) is 0 Å². The molecule has 2 rings (SSSR count). The first-order valence-corrected chi connectivity index (χ1v) is 8.08. The van der Waals surface area contributed by atoms with E-state index in [4.69, 9.17) is 0 Å². The van der Waals surface area contributed by atoms with Crippen LogP contribution in [0, 0.1) is 5.21 Å². The molecule has 6 nitrogen and oxygen atoms in total. The van der Waals surface area contributed by atoms with E-state index in [0.717, 1.165) is 22.8 Å². The Balaban J connectivity index is 2.19. The molecule has 0 N–H and O–H groups in total. The van der Waals surface area contributed by atoms with Crippen LogP contribution in [0.5, 0.6) is 0 Å². The van der Waals surface area contributed by atoms with Crippen molar-refractivity contribution in [3.05, 3.63) is 23.2 Å². The van der Waals surface area contributed by atoms with Crippen LogP contribution >= 0.6 is 0 Å². The second-order valence-corrected chi connectivity index (χ2v) is 7.08. The minimum atomic E-state index is -0.784. The predicted molar refractivity (Wildman–Crippen MR) is 84.8 cm³/mol. The van der Waals surface area contributed by atoms with Crippen LogP contribution in [0.2, 0.25) is 0 Å². The molecule has 6 heteroatoms. The Labute approximate surface area is 132 Å². The molecule has 0 saturated carbocycles. The molecule has 0 atom stereocenters. The van der Waals surface area contributed by atoms with Crippen molar-refractivity contribution in [2.45, 2.75) is 77.9 Å². The lowest BCUT2D eigenvalue weighted by Crippen LogP contribution is -2.53. The van der Waals surface area contributed by atoms with Gasteiger partial charge in [0.25, 0.3) is 0 Å². The van der Waals surface area contributed by atoms with Gasteiger partial charge >= 0.3 is 5.84 Å². The minimum absolute atomic E-state index is 0.162. The van der Waals surface area contributed by atoms with Gasteiger partial charge in [-0.25, -0.2) is 0 Å². The van der Waals surface area contributed by atoms with Crippen molar-refractivity contribution < 1.29 is 9.95 Å². The molecular formula is C16H27N4O2. The molecule has 0 unspecified atom stereocenters. The third kappa shape index (κ3) is 2.60. The molecule has 0 fully saturated rings. The second-order valence-electron chi connectivity index (χ2n) is 7.08. The highest BCUT2D eigenvalue weighted by atomic mass is 16.5. The van der Waals surface area contributed by atoms with Gasteiger partial charge in [0.1, 0.15) is 11.1 Å². The minimum Gasteiger partial charge on any atom is -0.714 e. The van der Waals surface area contributed by atoms with E-state index in [-0.39, 0.29) is 5.84 Å². The molecule has 123 valence electrons. The Hall–Kier alpha value is -1.56. The summed E-state index contributed by atoms with van der Waals surface area (Å²) in [5.41, 5.74) is -0.972. The molecule has 1 aromatic rings. The van der Waals surface area contributed by atoms with Crippen LogP contribution in [0.25, 0.3) is 0 Å². The van der Waals surface area contributed by atoms with Gasteiger partial charge in [0.2, 0.25) is 0 Å². The number of hydroxylamine groups is 3. The summed E-state index contributed by atoms with van der Waals surface area (Å²) >= 11 is 0. The smallest absolute Gasteiger partial charge is 0.319 e. The molecule has 1 aromatic heterocycles. The predicted octanol–water partition coefficient (Wildman–Crippen LogP) is 2.94. The monoisotopic (exact) mass is 307 g/mol. The van der Waals surface area contributed by atoms with Gasteiger partial charge in [-0.2, -0.15) is 5.10 Å². The quantitative estimate of drug-likeness (QED) is 0.461. The summed E-state index contributed by atoms with van der Waals surface area (Å²) in [5.74, 6) is 0.162. The van der Waals surface area contributed by atoms with Crippen molar-refractivity contribution in [1.29, 1.82) is 0 Å². The van der Waals surface area contributed by atoms with E-state index in [1.807, 2.05) is 4.68 Å². The van der Waals surface area contributed by atoms with E-state index in [0.29, 0.717) is 5.56 Å². The molecule has 2 heterocycles. The zero-order valence-electron chi connectivity index (χ0n) is 14.3. The zero-order valence-corrected chi connectivity index (χ0v) is 14.3. The normalized spacial score (nSPS) is 20.0. The highest BCUT2D eigenvalue weighted by Gasteiger charge is 2.60. The fourth-order valence-corrected chi connectivity index (χ4v) is 2.65. The van der Waals surface area contributed by atoms with Crippen molar-refractivity contribution in [3.8, 4) is 0 Å². The second kappa shape index (κ2) is 5.91. The summed E-state index contributed by atoms with van der Waals surface area (Å²) in [5, 5.41) is 30.2. The largest absolute Gasteiger partial charge is 0.714 e. The molecule has 1 radical (unpaired) electrons. The highest BCUT2D eigenvalue weighted by Crippen LogP contribution is 2.37. The Morgan fingerprint density at radius 2 is 1.91 bits per heavy atom. The van der Waals surface area contributed by atoms with Crippen LogP contribution in [0.1, 0.15) is 65.9 Å². The topological polar surface area (TPSA) is 67.0 Å². The number of aromatic nitrogens is 2. The Bertz CT molecular complexity index is 560. The fraction of sp³-hybridized carbons (Fsp3) is 0.750. The number of hydrogen-bond acceptors (Lipinski definition) is 3. The maximum Gasteiger partial charge on any atom is 0.319 e. The van der Waals surface area contributed by atoms with Gasteiger partial charge in [-0.3, -0.25) is 9.42 Å². The van der Waals surface area contributed by atoms with E-state index in [9.17, 15) is 10.4 Å². The summed E-state index contributed by atoms with van der Waals surface area (Å²) in [6.07, 6.45) is 8.06. The molecule has 0 aliphatic carbocycles. The molecule has 0 spiro atoms. The SMILES string of the molecule is CCCCCCn1cc(C2=[N+]([O-])C(C)(C)C(C)(C)N2[O])cn1. The average molecular weight is 307 g/mol. The van der Waals surface area contributed by atoms with Crippen LogP contribution in [0.15, 0.2) is 12.4 Å². The van der Waals surface area contributed by atoms with Gasteiger partial charge in [0.15, 0.2) is 5.54 Å². The van der Waals surface area contributed by atoms with Crippen molar-refractivity contribution in [2.75, 3.05) is 0 Å². The summed E-state index contributed by atoms with van der Waals surface area (Å²) in [7, 11) is 0. The lowest BCUT2D eigenvalue weighted by molar-refractivity contribution is -0.539. The Kier molecular flexibility index (Phi) is 4.52. The van der Waals surface area contributed by atoms with Gasteiger partial charge in [-0.05, 0) is 34.1 Å². The molecule has 1 aliphatic heterocycles. The van der Waals surface area contributed by atoms with Crippen molar-refractivity contribution in [3.63, 3.8) is 0 Å². The van der Waals surface area contributed by atoms with Crippen LogP contribution in [-0.2, 0) is 11.8 Å². The first-order valence-electron chi connectivity index (χ1n) is 8.08. The first-order chi connectivity index (χ1) is 10.2. The Morgan fingerprint density at radius 1 is 1.23 bits per heavy atom. The third-order valence-corrected chi connectivity index (χ3v) is 5.03. The van der Waals surface area contributed by atoms with E-state index in [2.05, 4.69) is 12.0 Å². The maximum atomic E-state index is 12.6. The Morgan fingerprint density at radius 3 is 2.45 bits per heavy atom. The van der Waals surface area contributed by atoms with E-state index in [1.54, 1.807) is 40.1 Å². The number of nitrogens with zero attached hydrogens (tertiary/aromatic N) is 4. The van der Waals surface area contributed by atoms with Crippen molar-refractivity contribution in [2.24, 2.45) is 0 Å². The lowest BCUT2D eigenvalue weighted by atomic mass is 9.84. The summed E-state index contributed by atoms with van der Waals surface area (Å²) in [4.78, 5) is 0. The van der Waals surface area contributed by atoms with Crippen LogP contribution < -0.4 is 0 Å².